The summed E-state index contributed by atoms with van der Waals surface area (Å²) in [6.45, 7) is 2.02. The predicted molar refractivity (Wildman–Crippen MR) is 85.7 cm³/mol. The molecule has 0 saturated heterocycles. The van der Waals surface area contributed by atoms with Gasteiger partial charge < -0.3 is 4.74 Å². The van der Waals surface area contributed by atoms with Crippen LogP contribution in [0.15, 0.2) is 61.2 Å². The van der Waals surface area contributed by atoms with Crippen molar-refractivity contribution in [3.05, 3.63) is 66.7 Å². The van der Waals surface area contributed by atoms with Crippen LogP contribution in [0.2, 0.25) is 0 Å². The number of benzene rings is 2. The number of fused-ring (bicyclic) bond motifs is 1. The van der Waals surface area contributed by atoms with E-state index in [1.54, 1.807) is 17.1 Å². The van der Waals surface area contributed by atoms with Crippen LogP contribution in [0.5, 0.6) is 11.6 Å². The van der Waals surface area contributed by atoms with E-state index in [2.05, 4.69) is 20.3 Å². The summed E-state index contributed by atoms with van der Waals surface area (Å²) in [5.41, 5.74) is 2.85. The quantitative estimate of drug-likeness (QED) is 0.581. The summed E-state index contributed by atoms with van der Waals surface area (Å²) in [6.07, 6.45) is 4.93. The summed E-state index contributed by atoms with van der Waals surface area (Å²) < 4.78 is 7.65. The SMILES string of the molecule is Cc1cccc2c(Oc3cccc(-n4ccnn4)c3)ncnc12. The number of ether oxygens (including phenoxy) is 1. The van der Waals surface area contributed by atoms with Crippen molar-refractivity contribution in [2.45, 2.75) is 6.92 Å². The smallest absolute Gasteiger partial charge is 0.230 e. The third-order valence-corrected chi connectivity index (χ3v) is 3.55. The van der Waals surface area contributed by atoms with Crippen molar-refractivity contribution in [3.63, 3.8) is 0 Å². The first-order valence-electron chi connectivity index (χ1n) is 7.16. The fourth-order valence-corrected chi connectivity index (χ4v) is 2.44. The zero-order chi connectivity index (χ0) is 15.6. The number of aryl methyl sites for hydroxylation is 1. The molecular weight excluding hydrogens is 290 g/mol. The lowest BCUT2D eigenvalue weighted by atomic mass is 10.1. The van der Waals surface area contributed by atoms with E-state index in [-0.39, 0.29) is 0 Å². The summed E-state index contributed by atoms with van der Waals surface area (Å²) in [7, 11) is 0. The molecule has 0 aliphatic carbocycles. The average Bonchev–Trinajstić information content (AvgIpc) is 3.11. The van der Waals surface area contributed by atoms with E-state index >= 15 is 0 Å². The standard InChI is InChI=1S/C17H13N5O/c1-12-4-2-7-15-16(12)18-11-19-17(15)23-14-6-3-5-13(10-14)22-9-8-20-21-22/h2-11H,1H3. The molecule has 0 spiro atoms. The Bertz CT molecular complexity index is 966. The molecule has 0 fully saturated rings. The van der Waals surface area contributed by atoms with Crippen LogP contribution >= 0.6 is 0 Å². The molecule has 4 rings (SSSR count). The van der Waals surface area contributed by atoms with E-state index in [4.69, 9.17) is 4.74 Å². The third kappa shape index (κ3) is 2.50. The van der Waals surface area contributed by atoms with Crippen LogP contribution in [0.1, 0.15) is 5.56 Å². The van der Waals surface area contributed by atoms with Gasteiger partial charge in [0.1, 0.15) is 12.1 Å². The molecule has 0 aliphatic heterocycles. The highest BCUT2D eigenvalue weighted by Crippen LogP contribution is 2.28. The molecule has 0 saturated carbocycles. The van der Waals surface area contributed by atoms with Crippen molar-refractivity contribution >= 4 is 10.9 Å². The second kappa shape index (κ2) is 5.49. The molecule has 2 aromatic carbocycles. The van der Waals surface area contributed by atoms with Gasteiger partial charge in [-0.2, -0.15) is 0 Å². The van der Waals surface area contributed by atoms with E-state index in [1.807, 2.05) is 49.4 Å². The third-order valence-electron chi connectivity index (χ3n) is 3.55. The molecule has 0 atom stereocenters. The van der Waals surface area contributed by atoms with E-state index in [0.717, 1.165) is 22.2 Å². The second-order valence-corrected chi connectivity index (χ2v) is 5.10. The van der Waals surface area contributed by atoms with Crippen molar-refractivity contribution in [2.75, 3.05) is 0 Å². The lowest BCUT2D eigenvalue weighted by molar-refractivity contribution is 0.467. The van der Waals surface area contributed by atoms with Crippen LogP contribution in [-0.2, 0) is 0 Å². The van der Waals surface area contributed by atoms with Crippen LogP contribution in [0.3, 0.4) is 0 Å². The van der Waals surface area contributed by atoms with Crippen molar-refractivity contribution in [1.29, 1.82) is 0 Å². The minimum Gasteiger partial charge on any atom is -0.438 e. The normalized spacial score (nSPS) is 10.8. The molecule has 2 heterocycles. The molecule has 0 N–H and O–H groups in total. The maximum absolute atomic E-state index is 5.97. The van der Waals surface area contributed by atoms with Crippen LogP contribution in [0.4, 0.5) is 0 Å². The summed E-state index contributed by atoms with van der Waals surface area (Å²) in [5, 5.41) is 8.68. The molecule has 2 aromatic heterocycles. The first kappa shape index (κ1) is 13.4. The number of para-hydroxylation sites is 1. The van der Waals surface area contributed by atoms with Gasteiger partial charge in [-0.15, -0.1) is 5.10 Å². The fourth-order valence-electron chi connectivity index (χ4n) is 2.44. The van der Waals surface area contributed by atoms with Crippen LogP contribution in [-0.4, -0.2) is 25.0 Å². The van der Waals surface area contributed by atoms with Gasteiger partial charge in [-0.05, 0) is 30.7 Å². The highest BCUT2D eigenvalue weighted by molar-refractivity contribution is 5.85. The number of aromatic nitrogens is 5. The summed E-state index contributed by atoms with van der Waals surface area (Å²) in [4.78, 5) is 8.60. The van der Waals surface area contributed by atoms with Gasteiger partial charge in [0.15, 0.2) is 0 Å². The van der Waals surface area contributed by atoms with Crippen LogP contribution in [0, 0.1) is 6.92 Å². The van der Waals surface area contributed by atoms with Gasteiger partial charge in [0, 0.05) is 6.07 Å². The zero-order valence-electron chi connectivity index (χ0n) is 12.4. The van der Waals surface area contributed by atoms with E-state index in [1.165, 1.54) is 6.33 Å². The van der Waals surface area contributed by atoms with E-state index in [9.17, 15) is 0 Å². The summed E-state index contributed by atoms with van der Waals surface area (Å²) in [6, 6.07) is 13.6. The Hall–Kier alpha value is -3.28. The van der Waals surface area contributed by atoms with Gasteiger partial charge >= 0.3 is 0 Å². The molecule has 0 bridgehead atoms. The molecule has 6 nitrogen and oxygen atoms in total. The van der Waals surface area contributed by atoms with Crippen LogP contribution in [0.25, 0.3) is 16.6 Å². The van der Waals surface area contributed by atoms with Crippen LogP contribution < -0.4 is 4.74 Å². The molecule has 23 heavy (non-hydrogen) atoms. The molecule has 0 unspecified atom stereocenters. The topological polar surface area (TPSA) is 65.7 Å². The van der Waals surface area contributed by atoms with E-state index in [0.29, 0.717) is 11.6 Å². The Morgan fingerprint density at radius 2 is 1.96 bits per heavy atom. The molecule has 0 amide bonds. The Kier molecular flexibility index (Phi) is 3.20. The van der Waals surface area contributed by atoms with Gasteiger partial charge in [0.25, 0.3) is 0 Å². The van der Waals surface area contributed by atoms with Gasteiger partial charge in [-0.1, -0.05) is 23.4 Å². The number of hydrogen-bond acceptors (Lipinski definition) is 5. The number of hydrogen-bond donors (Lipinski definition) is 0. The van der Waals surface area contributed by atoms with Gasteiger partial charge in [-0.3, -0.25) is 0 Å². The Morgan fingerprint density at radius 3 is 2.83 bits per heavy atom. The van der Waals surface area contributed by atoms with Gasteiger partial charge in [0.2, 0.25) is 5.88 Å². The molecule has 112 valence electrons. The highest BCUT2D eigenvalue weighted by Gasteiger charge is 2.08. The number of rotatable bonds is 3. The van der Waals surface area contributed by atoms with Crippen molar-refractivity contribution in [3.8, 4) is 17.3 Å². The first-order valence-corrected chi connectivity index (χ1v) is 7.16. The Balaban J connectivity index is 1.74. The molecule has 0 aliphatic rings. The summed E-state index contributed by atoms with van der Waals surface area (Å²) in [5.74, 6) is 1.22. The Labute approximate surface area is 132 Å². The highest BCUT2D eigenvalue weighted by atomic mass is 16.5. The predicted octanol–water partition coefficient (Wildman–Crippen LogP) is 3.31. The molecule has 4 aromatic rings. The second-order valence-electron chi connectivity index (χ2n) is 5.10. The fraction of sp³-hybridized carbons (Fsp3) is 0.0588. The average molecular weight is 303 g/mol. The lowest BCUT2D eigenvalue weighted by Crippen LogP contribution is -1.96. The minimum absolute atomic E-state index is 0.537. The first-order chi connectivity index (χ1) is 11.3. The molecule has 0 radical (unpaired) electrons. The van der Waals surface area contributed by atoms with Crippen molar-refractivity contribution in [1.82, 2.24) is 25.0 Å². The zero-order valence-corrected chi connectivity index (χ0v) is 12.4. The Morgan fingerprint density at radius 1 is 1.04 bits per heavy atom. The maximum atomic E-state index is 5.97. The maximum Gasteiger partial charge on any atom is 0.230 e. The molecule has 6 heteroatoms. The van der Waals surface area contributed by atoms with Gasteiger partial charge in [0.05, 0.1) is 29.0 Å². The number of nitrogens with zero attached hydrogens (tertiary/aromatic N) is 5. The largest absolute Gasteiger partial charge is 0.438 e. The monoisotopic (exact) mass is 303 g/mol. The minimum atomic E-state index is 0.537. The lowest BCUT2D eigenvalue weighted by Gasteiger charge is -2.09. The summed E-state index contributed by atoms with van der Waals surface area (Å²) >= 11 is 0. The van der Waals surface area contributed by atoms with Crippen molar-refractivity contribution < 1.29 is 4.74 Å². The van der Waals surface area contributed by atoms with Crippen molar-refractivity contribution in [2.24, 2.45) is 0 Å². The van der Waals surface area contributed by atoms with E-state index < -0.39 is 0 Å². The molecular formula is C17H13N5O. The van der Waals surface area contributed by atoms with Gasteiger partial charge in [-0.25, -0.2) is 14.6 Å².